The Morgan fingerprint density at radius 1 is 1.33 bits per heavy atom. The topological polar surface area (TPSA) is 72.6 Å². The van der Waals surface area contributed by atoms with Gasteiger partial charge in [-0.2, -0.15) is 4.31 Å². The van der Waals surface area contributed by atoms with E-state index in [-0.39, 0.29) is 17.4 Å². The van der Waals surface area contributed by atoms with Gasteiger partial charge in [-0.15, -0.1) is 0 Å². The molecule has 1 aliphatic carbocycles. The van der Waals surface area contributed by atoms with E-state index < -0.39 is 10.0 Å². The predicted molar refractivity (Wildman–Crippen MR) is 70.8 cm³/mol. The molecular formula is C12H24N2O3S. The van der Waals surface area contributed by atoms with Crippen LogP contribution in [0.15, 0.2) is 0 Å². The normalized spacial score (nSPS) is 28.1. The van der Waals surface area contributed by atoms with E-state index in [4.69, 9.17) is 10.5 Å². The van der Waals surface area contributed by atoms with Crippen LogP contribution in [0.5, 0.6) is 0 Å². The van der Waals surface area contributed by atoms with E-state index in [0.29, 0.717) is 13.2 Å². The van der Waals surface area contributed by atoms with Crippen LogP contribution in [0.3, 0.4) is 0 Å². The quantitative estimate of drug-likeness (QED) is 0.802. The van der Waals surface area contributed by atoms with Gasteiger partial charge < -0.3 is 10.5 Å². The molecule has 0 aromatic carbocycles. The lowest BCUT2D eigenvalue weighted by Gasteiger charge is -2.37. The molecule has 2 fully saturated rings. The fraction of sp³-hybridized carbons (Fsp3) is 1.00. The van der Waals surface area contributed by atoms with E-state index >= 15 is 0 Å². The van der Waals surface area contributed by atoms with Crippen molar-refractivity contribution in [1.29, 1.82) is 0 Å². The minimum absolute atomic E-state index is 0.102. The number of sulfonamides is 1. The van der Waals surface area contributed by atoms with E-state index in [1.54, 1.807) is 7.05 Å². The minimum Gasteiger partial charge on any atom is -0.377 e. The number of likely N-dealkylation sites (N-methyl/N-ethyl adjacent to an activating group) is 1. The maximum absolute atomic E-state index is 12.4. The summed E-state index contributed by atoms with van der Waals surface area (Å²) in [6, 6.07) is 0. The summed E-state index contributed by atoms with van der Waals surface area (Å²) in [7, 11) is -1.59. The van der Waals surface area contributed by atoms with Crippen molar-refractivity contribution >= 4 is 10.0 Å². The molecule has 18 heavy (non-hydrogen) atoms. The van der Waals surface area contributed by atoms with E-state index in [2.05, 4.69) is 0 Å². The Hall–Kier alpha value is -0.170. The Balaban J connectivity index is 2.07. The molecule has 0 spiro atoms. The number of nitrogens with two attached hydrogens (primary N) is 1. The highest BCUT2D eigenvalue weighted by Crippen LogP contribution is 2.35. The maximum Gasteiger partial charge on any atom is 0.216 e. The van der Waals surface area contributed by atoms with Crippen LogP contribution in [0, 0.1) is 0 Å². The Labute approximate surface area is 110 Å². The SMILES string of the molecule is CN(C1(CN)CCCC1)S(=O)(=O)CC1CCCO1. The first-order valence-corrected chi connectivity index (χ1v) is 8.39. The van der Waals surface area contributed by atoms with Gasteiger partial charge in [0, 0.05) is 25.7 Å². The van der Waals surface area contributed by atoms with Gasteiger partial charge in [0.2, 0.25) is 10.0 Å². The van der Waals surface area contributed by atoms with Gasteiger partial charge in [-0.1, -0.05) is 12.8 Å². The zero-order chi connectivity index (χ0) is 13.2. The molecule has 6 heteroatoms. The van der Waals surface area contributed by atoms with Gasteiger partial charge >= 0.3 is 0 Å². The molecule has 106 valence electrons. The number of nitrogens with zero attached hydrogens (tertiary/aromatic N) is 1. The standard InChI is InChI=1S/C12H24N2O3S/c1-14(12(10-13)6-2-3-7-12)18(15,16)9-11-5-4-8-17-11/h11H,2-10,13H2,1H3. The highest BCUT2D eigenvalue weighted by atomic mass is 32.2. The molecule has 1 heterocycles. The second-order valence-corrected chi connectivity index (χ2v) is 7.56. The van der Waals surface area contributed by atoms with Crippen LogP contribution in [0.4, 0.5) is 0 Å². The Bertz CT molecular complexity index is 371. The van der Waals surface area contributed by atoms with E-state index in [1.165, 1.54) is 4.31 Å². The van der Waals surface area contributed by atoms with Crippen LogP contribution >= 0.6 is 0 Å². The first kappa shape index (κ1) is 14.2. The van der Waals surface area contributed by atoms with Gasteiger partial charge in [0.05, 0.1) is 11.9 Å². The first-order chi connectivity index (χ1) is 8.50. The summed E-state index contributed by atoms with van der Waals surface area (Å²) in [5.41, 5.74) is 5.49. The average Bonchev–Trinajstić information content (AvgIpc) is 2.98. The predicted octanol–water partition coefficient (Wildman–Crippen LogP) is 0.699. The van der Waals surface area contributed by atoms with Crippen molar-refractivity contribution in [3.8, 4) is 0 Å². The summed E-state index contributed by atoms with van der Waals surface area (Å²) in [5, 5.41) is 0. The van der Waals surface area contributed by atoms with Crippen LogP contribution < -0.4 is 5.73 Å². The fourth-order valence-electron chi connectivity index (χ4n) is 3.10. The lowest BCUT2D eigenvalue weighted by atomic mass is 9.98. The van der Waals surface area contributed by atoms with Gasteiger partial charge in [-0.3, -0.25) is 0 Å². The number of rotatable bonds is 5. The summed E-state index contributed by atoms with van der Waals surface area (Å²) in [4.78, 5) is 0. The molecule has 2 rings (SSSR count). The molecule has 5 nitrogen and oxygen atoms in total. The third-order valence-electron chi connectivity index (χ3n) is 4.42. The minimum atomic E-state index is -3.27. The molecule has 0 amide bonds. The Morgan fingerprint density at radius 3 is 2.50 bits per heavy atom. The number of hydrogen-bond donors (Lipinski definition) is 1. The van der Waals surface area contributed by atoms with Crippen molar-refractivity contribution in [2.45, 2.75) is 50.2 Å². The average molecular weight is 276 g/mol. The van der Waals surface area contributed by atoms with E-state index in [0.717, 1.165) is 38.5 Å². The van der Waals surface area contributed by atoms with Gasteiger partial charge in [0.1, 0.15) is 0 Å². The van der Waals surface area contributed by atoms with Crippen molar-refractivity contribution in [3.63, 3.8) is 0 Å². The van der Waals surface area contributed by atoms with Crippen LogP contribution in [0.1, 0.15) is 38.5 Å². The van der Waals surface area contributed by atoms with Crippen molar-refractivity contribution in [1.82, 2.24) is 4.31 Å². The highest BCUT2D eigenvalue weighted by molar-refractivity contribution is 7.89. The lowest BCUT2D eigenvalue weighted by molar-refractivity contribution is 0.125. The summed E-state index contributed by atoms with van der Waals surface area (Å²) >= 11 is 0. The molecule has 1 saturated carbocycles. The van der Waals surface area contributed by atoms with Gasteiger partial charge in [-0.25, -0.2) is 8.42 Å². The highest BCUT2D eigenvalue weighted by Gasteiger charge is 2.42. The molecule has 2 aliphatic rings. The lowest BCUT2D eigenvalue weighted by Crippen LogP contribution is -2.53. The van der Waals surface area contributed by atoms with Gasteiger partial charge in [0.15, 0.2) is 0 Å². The summed E-state index contributed by atoms with van der Waals surface area (Å²) in [6.07, 6.45) is 5.58. The van der Waals surface area contributed by atoms with E-state index in [1.807, 2.05) is 0 Å². The molecule has 0 aromatic heterocycles. The zero-order valence-electron chi connectivity index (χ0n) is 11.1. The summed E-state index contributed by atoms with van der Waals surface area (Å²) in [6.45, 7) is 1.10. The van der Waals surface area contributed by atoms with Crippen molar-refractivity contribution in [2.75, 3.05) is 26.0 Å². The van der Waals surface area contributed by atoms with Crippen LogP contribution in [-0.2, 0) is 14.8 Å². The van der Waals surface area contributed by atoms with Crippen molar-refractivity contribution in [2.24, 2.45) is 5.73 Å². The zero-order valence-corrected chi connectivity index (χ0v) is 11.9. The van der Waals surface area contributed by atoms with Crippen LogP contribution in [0.2, 0.25) is 0 Å². The molecule has 2 N–H and O–H groups in total. The molecule has 0 radical (unpaired) electrons. The Morgan fingerprint density at radius 2 is 2.00 bits per heavy atom. The third-order valence-corrected chi connectivity index (χ3v) is 6.43. The molecule has 0 aromatic rings. The second kappa shape index (κ2) is 5.45. The third kappa shape index (κ3) is 2.71. The number of hydrogen-bond acceptors (Lipinski definition) is 4. The van der Waals surface area contributed by atoms with E-state index in [9.17, 15) is 8.42 Å². The molecular weight excluding hydrogens is 252 g/mol. The van der Waals surface area contributed by atoms with Crippen molar-refractivity contribution < 1.29 is 13.2 Å². The molecule has 1 atom stereocenters. The summed E-state index contributed by atoms with van der Waals surface area (Å²) < 4.78 is 31.8. The van der Waals surface area contributed by atoms with Crippen molar-refractivity contribution in [3.05, 3.63) is 0 Å². The smallest absolute Gasteiger partial charge is 0.216 e. The molecule has 1 unspecified atom stereocenters. The molecule has 1 aliphatic heterocycles. The monoisotopic (exact) mass is 276 g/mol. The summed E-state index contributed by atoms with van der Waals surface area (Å²) in [5.74, 6) is 0.102. The fourth-order valence-corrected chi connectivity index (χ4v) is 4.90. The van der Waals surface area contributed by atoms with Gasteiger partial charge in [-0.05, 0) is 25.7 Å². The van der Waals surface area contributed by atoms with Gasteiger partial charge in [0.25, 0.3) is 0 Å². The molecule has 0 bridgehead atoms. The Kier molecular flexibility index (Phi) is 4.31. The maximum atomic E-state index is 12.4. The number of ether oxygens (including phenoxy) is 1. The largest absolute Gasteiger partial charge is 0.377 e. The molecule has 1 saturated heterocycles. The first-order valence-electron chi connectivity index (χ1n) is 6.79. The second-order valence-electron chi connectivity index (χ2n) is 5.52. The van der Waals surface area contributed by atoms with Crippen LogP contribution in [-0.4, -0.2) is 50.3 Å². The van der Waals surface area contributed by atoms with Crippen LogP contribution in [0.25, 0.3) is 0 Å².